The van der Waals surface area contributed by atoms with E-state index in [-0.39, 0.29) is 12.5 Å². The number of carbonyl (C=O) groups is 2. The number of para-hydroxylation sites is 3. The van der Waals surface area contributed by atoms with Crippen LogP contribution in [-0.4, -0.2) is 34.5 Å². The van der Waals surface area contributed by atoms with Crippen LogP contribution in [0.5, 0.6) is 5.75 Å². The molecule has 0 unspecified atom stereocenters. The normalized spacial score (nSPS) is 10.7. The highest BCUT2D eigenvalue weighted by Crippen LogP contribution is 2.18. The van der Waals surface area contributed by atoms with Crippen molar-refractivity contribution in [2.24, 2.45) is 12.8 Å². The first-order chi connectivity index (χ1) is 13.1. The molecule has 0 aliphatic heterocycles. The van der Waals surface area contributed by atoms with Gasteiger partial charge < -0.3 is 20.4 Å². The minimum absolute atomic E-state index is 0.250. The number of carbonyl (C=O) groups excluding carboxylic acids is 2. The predicted octanol–water partition coefficient (Wildman–Crippen LogP) is 1.80. The van der Waals surface area contributed by atoms with Gasteiger partial charge in [0.15, 0.2) is 6.61 Å². The molecular formula is C20H22N4O3. The van der Waals surface area contributed by atoms with E-state index in [1.807, 2.05) is 31.3 Å². The molecule has 3 rings (SSSR count). The Hall–Kier alpha value is -3.35. The fourth-order valence-corrected chi connectivity index (χ4v) is 2.89. The molecule has 1 heterocycles. The van der Waals surface area contributed by atoms with Gasteiger partial charge in [0.1, 0.15) is 11.6 Å². The zero-order chi connectivity index (χ0) is 19.2. The van der Waals surface area contributed by atoms with Crippen molar-refractivity contribution in [3.63, 3.8) is 0 Å². The van der Waals surface area contributed by atoms with Gasteiger partial charge in [0.05, 0.1) is 16.6 Å². The molecule has 0 fully saturated rings. The van der Waals surface area contributed by atoms with Crippen molar-refractivity contribution in [2.75, 3.05) is 13.2 Å². The Morgan fingerprint density at radius 2 is 1.89 bits per heavy atom. The molecule has 0 saturated heterocycles. The lowest BCUT2D eigenvalue weighted by molar-refractivity contribution is -0.119. The highest BCUT2D eigenvalue weighted by molar-refractivity contribution is 5.97. The highest BCUT2D eigenvalue weighted by atomic mass is 16.5. The Morgan fingerprint density at radius 3 is 2.67 bits per heavy atom. The molecule has 0 aliphatic rings. The number of hydrogen-bond donors (Lipinski definition) is 2. The fourth-order valence-electron chi connectivity index (χ4n) is 2.89. The first kappa shape index (κ1) is 18.4. The van der Waals surface area contributed by atoms with Gasteiger partial charge in [-0.15, -0.1) is 0 Å². The third-order valence-electron chi connectivity index (χ3n) is 4.24. The predicted molar refractivity (Wildman–Crippen MR) is 102 cm³/mol. The monoisotopic (exact) mass is 366 g/mol. The van der Waals surface area contributed by atoms with Crippen LogP contribution in [0.3, 0.4) is 0 Å². The number of amides is 2. The maximum atomic E-state index is 12.4. The zero-order valence-electron chi connectivity index (χ0n) is 15.1. The molecular weight excluding hydrogens is 344 g/mol. The molecule has 0 spiro atoms. The van der Waals surface area contributed by atoms with Gasteiger partial charge in [-0.2, -0.15) is 0 Å². The number of nitrogens with two attached hydrogens (primary N) is 1. The summed E-state index contributed by atoms with van der Waals surface area (Å²) in [6.45, 7) is 0.239. The largest absolute Gasteiger partial charge is 0.483 e. The third-order valence-corrected chi connectivity index (χ3v) is 4.24. The number of rotatable bonds is 8. The number of aryl methyl sites for hydroxylation is 2. The minimum Gasteiger partial charge on any atom is -0.483 e. The highest BCUT2D eigenvalue weighted by Gasteiger charge is 2.13. The molecule has 140 valence electrons. The molecule has 0 atom stereocenters. The van der Waals surface area contributed by atoms with Crippen LogP contribution in [0.2, 0.25) is 0 Å². The van der Waals surface area contributed by atoms with E-state index in [1.54, 1.807) is 24.3 Å². The van der Waals surface area contributed by atoms with E-state index in [0.717, 1.165) is 29.7 Å². The first-order valence-electron chi connectivity index (χ1n) is 8.75. The van der Waals surface area contributed by atoms with Crippen LogP contribution >= 0.6 is 0 Å². The van der Waals surface area contributed by atoms with Crippen LogP contribution in [0.4, 0.5) is 0 Å². The summed E-state index contributed by atoms with van der Waals surface area (Å²) in [5, 5.41) is 2.88. The van der Waals surface area contributed by atoms with Crippen molar-refractivity contribution in [1.29, 1.82) is 0 Å². The standard InChI is InChI=1S/C20H22N4O3/c1-24-16-9-4-3-8-15(16)23-19(24)11-6-12-22-20(26)14-7-2-5-10-17(14)27-13-18(21)25/h2-5,7-10H,6,11-13H2,1H3,(H2,21,25)(H,22,26). The number of imidazole rings is 1. The summed E-state index contributed by atoms with van der Waals surface area (Å²) in [5.74, 6) is 0.479. The van der Waals surface area contributed by atoms with Crippen molar-refractivity contribution in [3.05, 3.63) is 59.9 Å². The summed E-state index contributed by atoms with van der Waals surface area (Å²) in [6, 6.07) is 14.8. The molecule has 2 aromatic carbocycles. The van der Waals surface area contributed by atoms with Gasteiger partial charge in [-0.3, -0.25) is 9.59 Å². The van der Waals surface area contributed by atoms with E-state index in [1.165, 1.54) is 0 Å². The second-order valence-corrected chi connectivity index (χ2v) is 6.19. The van der Waals surface area contributed by atoms with Crippen LogP contribution < -0.4 is 15.8 Å². The van der Waals surface area contributed by atoms with Crippen LogP contribution in [-0.2, 0) is 18.3 Å². The van der Waals surface area contributed by atoms with Gasteiger partial charge in [-0.25, -0.2) is 4.98 Å². The Bertz CT molecular complexity index is 965. The first-order valence-corrected chi connectivity index (χ1v) is 8.75. The van der Waals surface area contributed by atoms with Gasteiger partial charge in [0, 0.05) is 20.0 Å². The molecule has 1 aromatic heterocycles. The molecule has 3 N–H and O–H groups in total. The molecule has 0 bridgehead atoms. The van der Waals surface area contributed by atoms with E-state index in [9.17, 15) is 9.59 Å². The summed E-state index contributed by atoms with van der Waals surface area (Å²) in [5.41, 5.74) is 7.53. The third kappa shape index (κ3) is 4.44. The van der Waals surface area contributed by atoms with E-state index < -0.39 is 5.91 Å². The Labute approximate surface area is 157 Å². The van der Waals surface area contributed by atoms with Gasteiger partial charge >= 0.3 is 0 Å². The summed E-state index contributed by atoms with van der Waals surface area (Å²) >= 11 is 0. The van der Waals surface area contributed by atoms with E-state index in [4.69, 9.17) is 10.5 Å². The van der Waals surface area contributed by atoms with Crippen molar-refractivity contribution < 1.29 is 14.3 Å². The van der Waals surface area contributed by atoms with Gasteiger partial charge in [0.25, 0.3) is 11.8 Å². The van der Waals surface area contributed by atoms with Gasteiger partial charge in [-0.1, -0.05) is 24.3 Å². The molecule has 0 radical (unpaired) electrons. The van der Waals surface area contributed by atoms with Gasteiger partial charge in [-0.05, 0) is 30.7 Å². The van der Waals surface area contributed by atoms with Gasteiger partial charge in [0.2, 0.25) is 0 Å². The number of ether oxygens (including phenoxy) is 1. The van der Waals surface area contributed by atoms with E-state index in [0.29, 0.717) is 17.9 Å². The molecule has 7 heteroatoms. The van der Waals surface area contributed by atoms with Crippen molar-refractivity contribution >= 4 is 22.8 Å². The van der Waals surface area contributed by atoms with Crippen LogP contribution in [0, 0.1) is 0 Å². The zero-order valence-corrected chi connectivity index (χ0v) is 15.1. The number of hydrogen-bond acceptors (Lipinski definition) is 4. The minimum atomic E-state index is -0.590. The second-order valence-electron chi connectivity index (χ2n) is 6.19. The van der Waals surface area contributed by atoms with Crippen LogP contribution in [0.25, 0.3) is 11.0 Å². The lowest BCUT2D eigenvalue weighted by Gasteiger charge is -2.10. The summed E-state index contributed by atoms with van der Waals surface area (Å²) < 4.78 is 7.37. The average molecular weight is 366 g/mol. The second kappa shape index (κ2) is 8.35. The van der Waals surface area contributed by atoms with Crippen LogP contribution in [0.1, 0.15) is 22.6 Å². The average Bonchev–Trinajstić information content (AvgIpc) is 2.99. The molecule has 0 aliphatic carbocycles. The van der Waals surface area contributed by atoms with E-state index in [2.05, 4.69) is 14.9 Å². The smallest absolute Gasteiger partial charge is 0.255 e. The summed E-state index contributed by atoms with van der Waals surface area (Å²) in [7, 11) is 2.00. The topological polar surface area (TPSA) is 99.2 Å². The number of fused-ring (bicyclic) bond motifs is 1. The number of primary amides is 1. The number of nitrogens with zero attached hydrogens (tertiary/aromatic N) is 2. The quantitative estimate of drug-likeness (QED) is 0.594. The Balaban J connectivity index is 1.55. The lowest BCUT2D eigenvalue weighted by Crippen LogP contribution is -2.26. The lowest BCUT2D eigenvalue weighted by atomic mass is 10.2. The number of aromatic nitrogens is 2. The molecule has 2 amide bonds. The maximum absolute atomic E-state index is 12.4. The summed E-state index contributed by atoms with van der Waals surface area (Å²) in [4.78, 5) is 27.9. The maximum Gasteiger partial charge on any atom is 0.255 e. The van der Waals surface area contributed by atoms with Crippen molar-refractivity contribution in [2.45, 2.75) is 12.8 Å². The van der Waals surface area contributed by atoms with Crippen molar-refractivity contribution in [3.8, 4) is 5.75 Å². The Kier molecular flexibility index (Phi) is 5.71. The SMILES string of the molecule is Cn1c(CCCNC(=O)c2ccccc2OCC(N)=O)nc2ccccc21. The Morgan fingerprint density at radius 1 is 1.15 bits per heavy atom. The number of nitrogens with one attached hydrogen (secondary N) is 1. The summed E-state index contributed by atoms with van der Waals surface area (Å²) in [6.07, 6.45) is 1.51. The van der Waals surface area contributed by atoms with E-state index >= 15 is 0 Å². The molecule has 3 aromatic rings. The van der Waals surface area contributed by atoms with Crippen molar-refractivity contribution in [1.82, 2.24) is 14.9 Å². The molecule has 27 heavy (non-hydrogen) atoms. The molecule has 0 saturated carbocycles. The fraction of sp³-hybridized carbons (Fsp3) is 0.250. The molecule has 7 nitrogen and oxygen atoms in total. The number of benzene rings is 2. The van der Waals surface area contributed by atoms with Crippen LogP contribution in [0.15, 0.2) is 48.5 Å².